The fourth-order valence-corrected chi connectivity index (χ4v) is 2.89. The van der Waals surface area contributed by atoms with Gasteiger partial charge in [0.15, 0.2) is 0 Å². The molecule has 2 amide bonds. The van der Waals surface area contributed by atoms with Crippen molar-refractivity contribution in [3.05, 3.63) is 41.7 Å². The van der Waals surface area contributed by atoms with Crippen LogP contribution in [-0.4, -0.2) is 59.9 Å². The van der Waals surface area contributed by atoms with Gasteiger partial charge in [0.25, 0.3) is 0 Å². The zero-order chi connectivity index (χ0) is 17.8. The van der Waals surface area contributed by atoms with Crippen molar-refractivity contribution in [2.75, 3.05) is 26.2 Å². The first-order valence-electron chi connectivity index (χ1n) is 8.80. The lowest BCUT2D eigenvalue weighted by Gasteiger charge is -2.37. The summed E-state index contributed by atoms with van der Waals surface area (Å²) in [5.41, 5.74) is 0.791. The van der Waals surface area contributed by atoms with Crippen molar-refractivity contribution in [3.63, 3.8) is 0 Å². The van der Waals surface area contributed by atoms with E-state index in [1.54, 1.807) is 23.1 Å². The van der Waals surface area contributed by atoms with Crippen LogP contribution in [0.1, 0.15) is 25.3 Å². The van der Waals surface area contributed by atoms with Crippen LogP contribution in [0, 0.1) is 5.82 Å². The SMILES string of the molecule is CC(C(=O)NC1CC1)N1CCN(C(=O)/C=C/c2ccc(F)cc2)CC1. The summed E-state index contributed by atoms with van der Waals surface area (Å²) < 4.78 is 12.9. The van der Waals surface area contributed by atoms with E-state index < -0.39 is 0 Å². The number of carbonyl (C=O) groups is 2. The van der Waals surface area contributed by atoms with Crippen molar-refractivity contribution in [2.45, 2.75) is 31.8 Å². The molecule has 1 heterocycles. The molecule has 1 saturated heterocycles. The standard InChI is InChI=1S/C19H24FN3O2/c1-14(19(25)21-17-7-8-17)22-10-12-23(13-11-22)18(24)9-4-15-2-5-16(20)6-3-15/h2-6,9,14,17H,7-8,10-13H2,1H3,(H,21,25)/b9-4+. The van der Waals surface area contributed by atoms with Gasteiger partial charge in [0.05, 0.1) is 6.04 Å². The van der Waals surface area contributed by atoms with Crippen molar-refractivity contribution >= 4 is 17.9 Å². The third kappa shape index (κ3) is 4.89. The van der Waals surface area contributed by atoms with E-state index in [-0.39, 0.29) is 23.7 Å². The van der Waals surface area contributed by atoms with Crippen molar-refractivity contribution < 1.29 is 14.0 Å². The maximum absolute atomic E-state index is 12.9. The number of piperazine rings is 1. The smallest absolute Gasteiger partial charge is 0.246 e. The molecule has 1 saturated carbocycles. The van der Waals surface area contributed by atoms with Crippen LogP contribution in [0.3, 0.4) is 0 Å². The second kappa shape index (κ2) is 7.78. The molecule has 25 heavy (non-hydrogen) atoms. The molecule has 0 aromatic heterocycles. The molecule has 0 spiro atoms. The summed E-state index contributed by atoms with van der Waals surface area (Å²) in [6.45, 7) is 4.51. The van der Waals surface area contributed by atoms with Crippen molar-refractivity contribution in [1.29, 1.82) is 0 Å². The summed E-state index contributed by atoms with van der Waals surface area (Å²) in [5.74, 6) is -0.267. The molecule has 1 aliphatic heterocycles. The average Bonchev–Trinajstić information content (AvgIpc) is 3.44. The van der Waals surface area contributed by atoms with Crippen molar-refractivity contribution in [3.8, 4) is 0 Å². The van der Waals surface area contributed by atoms with Crippen molar-refractivity contribution in [1.82, 2.24) is 15.1 Å². The Kier molecular flexibility index (Phi) is 5.48. The minimum absolute atomic E-state index is 0.0564. The molecular weight excluding hydrogens is 321 g/mol. The van der Waals surface area contributed by atoms with Crippen LogP contribution in [0.2, 0.25) is 0 Å². The quantitative estimate of drug-likeness (QED) is 0.826. The van der Waals surface area contributed by atoms with Gasteiger partial charge in [-0.15, -0.1) is 0 Å². The fourth-order valence-electron chi connectivity index (χ4n) is 2.89. The topological polar surface area (TPSA) is 52.7 Å². The Bertz CT molecular complexity index is 647. The summed E-state index contributed by atoms with van der Waals surface area (Å²) >= 11 is 0. The molecule has 3 rings (SSSR count). The predicted octanol–water partition coefficient (Wildman–Crippen LogP) is 1.65. The number of carbonyl (C=O) groups excluding carboxylic acids is 2. The summed E-state index contributed by atoms with van der Waals surface area (Å²) in [5, 5.41) is 3.03. The molecule has 6 heteroatoms. The molecule has 0 bridgehead atoms. The van der Waals surface area contributed by atoms with Gasteiger partial charge in [-0.2, -0.15) is 0 Å². The van der Waals surface area contributed by atoms with Crippen LogP contribution in [-0.2, 0) is 9.59 Å². The summed E-state index contributed by atoms with van der Waals surface area (Å²) in [4.78, 5) is 28.3. The monoisotopic (exact) mass is 345 g/mol. The lowest BCUT2D eigenvalue weighted by atomic mass is 10.2. The molecule has 1 aromatic rings. The lowest BCUT2D eigenvalue weighted by molar-refractivity contribution is -0.130. The number of hydrogen-bond donors (Lipinski definition) is 1. The first kappa shape index (κ1) is 17.6. The molecule has 1 aliphatic carbocycles. The zero-order valence-electron chi connectivity index (χ0n) is 14.5. The number of nitrogens with one attached hydrogen (secondary N) is 1. The Hall–Kier alpha value is -2.21. The van der Waals surface area contributed by atoms with Gasteiger partial charge in [-0.3, -0.25) is 14.5 Å². The van der Waals surface area contributed by atoms with Crippen LogP contribution < -0.4 is 5.32 Å². The number of benzene rings is 1. The minimum atomic E-state index is -0.292. The first-order chi connectivity index (χ1) is 12.0. The van der Waals surface area contributed by atoms with Gasteiger partial charge in [-0.05, 0) is 43.5 Å². The molecule has 1 atom stereocenters. The minimum Gasteiger partial charge on any atom is -0.352 e. The Balaban J connectivity index is 1.46. The number of rotatable bonds is 5. The van der Waals surface area contributed by atoms with E-state index in [1.165, 1.54) is 18.2 Å². The molecule has 2 aliphatic rings. The van der Waals surface area contributed by atoms with Gasteiger partial charge >= 0.3 is 0 Å². The molecule has 1 N–H and O–H groups in total. The fraction of sp³-hybridized carbons (Fsp3) is 0.474. The normalized spacial score (nSPS) is 19.8. The number of amides is 2. The van der Waals surface area contributed by atoms with Crippen LogP contribution in [0.4, 0.5) is 4.39 Å². The molecule has 5 nitrogen and oxygen atoms in total. The van der Waals surface area contributed by atoms with Gasteiger partial charge in [0.2, 0.25) is 11.8 Å². The number of hydrogen-bond acceptors (Lipinski definition) is 3. The summed E-state index contributed by atoms with van der Waals surface area (Å²) in [6, 6.07) is 6.23. The number of nitrogens with zero attached hydrogens (tertiary/aromatic N) is 2. The molecule has 0 radical (unpaired) electrons. The van der Waals surface area contributed by atoms with E-state index in [9.17, 15) is 14.0 Å². The molecule has 134 valence electrons. The highest BCUT2D eigenvalue weighted by Gasteiger charge is 2.30. The Morgan fingerprint density at radius 1 is 1.16 bits per heavy atom. The summed E-state index contributed by atoms with van der Waals surface area (Å²) in [7, 11) is 0. The van der Waals surface area contributed by atoms with Gasteiger partial charge in [0, 0.05) is 38.3 Å². The van der Waals surface area contributed by atoms with E-state index in [4.69, 9.17) is 0 Å². The molecule has 1 aromatic carbocycles. The maximum Gasteiger partial charge on any atom is 0.246 e. The Morgan fingerprint density at radius 2 is 1.80 bits per heavy atom. The second-order valence-corrected chi connectivity index (χ2v) is 6.70. The van der Waals surface area contributed by atoms with E-state index in [1.807, 2.05) is 6.92 Å². The van der Waals surface area contributed by atoms with E-state index in [2.05, 4.69) is 10.2 Å². The van der Waals surface area contributed by atoms with Gasteiger partial charge < -0.3 is 10.2 Å². The molecule has 2 fully saturated rings. The van der Waals surface area contributed by atoms with Gasteiger partial charge in [-0.1, -0.05) is 12.1 Å². The van der Waals surface area contributed by atoms with Gasteiger partial charge in [0.1, 0.15) is 5.82 Å². The third-order valence-corrected chi connectivity index (χ3v) is 4.77. The highest BCUT2D eigenvalue weighted by Crippen LogP contribution is 2.19. The van der Waals surface area contributed by atoms with Crippen LogP contribution in [0.5, 0.6) is 0 Å². The summed E-state index contributed by atoms with van der Waals surface area (Å²) in [6.07, 6.45) is 5.38. The Labute approximate surface area is 147 Å². The van der Waals surface area contributed by atoms with Crippen LogP contribution in [0.25, 0.3) is 6.08 Å². The highest BCUT2D eigenvalue weighted by molar-refractivity contribution is 5.91. The second-order valence-electron chi connectivity index (χ2n) is 6.70. The third-order valence-electron chi connectivity index (χ3n) is 4.77. The van der Waals surface area contributed by atoms with Crippen LogP contribution >= 0.6 is 0 Å². The van der Waals surface area contributed by atoms with E-state index >= 15 is 0 Å². The zero-order valence-corrected chi connectivity index (χ0v) is 14.5. The number of halogens is 1. The van der Waals surface area contributed by atoms with Crippen LogP contribution in [0.15, 0.2) is 30.3 Å². The molecular formula is C19H24FN3O2. The first-order valence-corrected chi connectivity index (χ1v) is 8.80. The maximum atomic E-state index is 12.9. The van der Waals surface area contributed by atoms with Crippen molar-refractivity contribution in [2.24, 2.45) is 0 Å². The van der Waals surface area contributed by atoms with E-state index in [0.717, 1.165) is 18.4 Å². The van der Waals surface area contributed by atoms with Gasteiger partial charge in [-0.25, -0.2) is 4.39 Å². The predicted molar refractivity (Wildman–Crippen MR) is 94.2 cm³/mol. The average molecular weight is 345 g/mol. The lowest BCUT2D eigenvalue weighted by Crippen LogP contribution is -2.55. The largest absolute Gasteiger partial charge is 0.352 e. The Morgan fingerprint density at radius 3 is 2.40 bits per heavy atom. The molecule has 1 unspecified atom stereocenters. The highest BCUT2D eigenvalue weighted by atomic mass is 19.1. The van der Waals surface area contributed by atoms with E-state index in [0.29, 0.717) is 32.2 Å².